The fourth-order valence-electron chi connectivity index (χ4n) is 7.10. The summed E-state index contributed by atoms with van der Waals surface area (Å²) in [6.45, 7) is 2.27. The Labute approximate surface area is 344 Å². The number of thiophene rings is 2. The van der Waals surface area contributed by atoms with Crippen LogP contribution in [0.5, 0.6) is 5.88 Å². The van der Waals surface area contributed by atoms with Crippen LogP contribution < -0.4 is 0 Å². The lowest BCUT2D eigenvalue weighted by atomic mass is 10.0. The minimum absolute atomic E-state index is 0.000786. The first-order chi connectivity index (χ1) is 28.1. The minimum Gasteiger partial charge on any atom is -0.494 e. The largest absolute Gasteiger partial charge is 0.494 e. The third kappa shape index (κ3) is 9.96. The summed E-state index contributed by atoms with van der Waals surface area (Å²) in [5.41, 5.74) is -7.11. The first-order valence-corrected chi connectivity index (χ1v) is 20.6. The summed E-state index contributed by atoms with van der Waals surface area (Å²) in [4.78, 5) is 18.1. The molecular formula is C42H36F12N2O2S2. The predicted octanol–water partition coefficient (Wildman–Crippen LogP) is 15.3. The average Bonchev–Trinajstić information content (AvgIpc) is 3.96. The van der Waals surface area contributed by atoms with Crippen molar-refractivity contribution in [2.24, 2.45) is 4.99 Å². The van der Waals surface area contributed by atoms with Crippen molar-refractivity contribution in [1.29, 1.82) is 0 Å². The van der Waals surface area contributed by atoms with Crippen molar-refractivity contribution in [3.63, 3.8) is 0 Å². The molecule has 4 heterocycles. The SMILES string of the molecule is CCCCCCCCCCCCn1c(O)c2c(c1-c1ccc(-c3cc(C(F)(F)F)cc(C(F)(F)F)c3)s1)C(=O)N=C2c1ccc(-c2cc(C(F)(F)F)cc(C(F)(F)F)c2)s1. The molecule has 322 valence electrons. The van der Waals surface area contributed by atoms with Crippen molar-refractivity contribution in [2.75, 3.05) is 0 Å². The number of amides is 1. The number of fused-ring (bicyclic) bond motifs is 1. The third-order valence-electron chi connectivity index (χ3n) is 10.1. The van der Waals surface area contributed by atoms with Crippen LogP contribution in [0.15, 0.2) is 65.7 Å². The zero-order chi connectivity index (χ0) is 43.8. The van der Waals surface area contributed by atoms with E-state index in [1.165, 1.54) is 41.7 Å². The molecule has 1 aliphatic rings. The van der Waals surface area contributed by atoms with Gasteiger partial charge in [0.05, 0.1) is 54.5 Å². The van der Waals surface area contributed by atoms with Gasteiger partial charge in [-0.05, 0) is 78.2 Å². The van der Waals surface area contributed by atoms with Crippen LogP contribution in [0, 0.1) is 0 Å². The van der Waals surface area contributed by atoms with Crippen LogP contribution in [0.2, 0.25) is 0 Å². The summed E-state index contributed by atoms with van der Waals surface area (Å²) < 4.78 is 166. The van der Waals surface area contributed by atoms with Gasteiger partial charge in [-0.25, -0.2) is 4.99 Å². The molecule has 0 atom stereocenters. The number of hydrogen-bond acceptors (Lipinski definition) is 4. The zero-order valence-corrected chi connectivity index (χ0v) is 33.3. The van der Waals surface area contributed by atoms with Gasteiger partial charge in [-0.3, -0.25) is 4.79 Å². The monoisotopic (exact) mass is 892 g/mol. The van der Waals surface area contributed by atoms with Gasteiger partial charge >= 0.3 is 24.7 Å². The highest BCUT2D eigenvalue weighted by Crippen LogP contribution is 2.48. The molecule has 1 N–H and O–H groups in total. The van der Waals surface area contributed by atoms with E-state index in [9.17, 15) is 62.6 Å². The summed E-state index contributed by atoms with van der Waals surface area (Å²) >= 11 is 1.52. The Balaban J connectivity index is 1.38. The van der Waals surface area contributed by atoms with Crippen molar-refractivity contribution in [3.8, 4) is 37.3 Å². The van der Waals surface area contributed by atoms with E-state index in [2.05, 4.69) is 11.9 Å². The van der Waals surface area contributed by atoms with Crippen molar-refractivity contribution >= 4 is 34.3 Å². The molecule has 0 saturated carbocycles. The van der Waals surface area contributed by atoms with Crippen molar-refractivity contribution in [2.45, 2.75) is 102 Å². The molecule has 18 heteroatoms. The van der Waals surface area contributed by atoms with Crippen LogP contribution in [0.3, 0.4) is 0 Å². The number of nitrogens with zero attached hydrogens (tertiary/aromatic N) is 2. The molecule has 4 nitrogen and oxygen atoms in total. The highest BCUT2D eigenvalue weighted by Gasteiger charge is 2.40. The number of unbranched alkanes of at least 4 members (excludes halogenated alkanes) is 9. The molecule has 2 aromatic carbocycles. The van der Waals surface area contributed by atoms with E-state index in [4.69, 9.17) is 0 Å². The minimum atomic E-state index is -5.10. The molecule has 0 radical (unpaired) electrons. The van der Waals surface area contributed by atoms with Gasteiger partial charge in [0.15, 0.2) is 0 Å². The second kappa shape index (κ2) is 17.4. The van der Waals surface area contributed by atoms with Gasteiger partial charge in [0.1, 0.15) is 0 Å². The van der Waals surface area contributed by atoms with Crippen molar-refractivity contribution < 1.29 is 62.6 Å². The normalized spacial score (nSPS) is 13.7. The van der Waals surface area contributed by atoms with Crippen LogP contribution in [0.4, 0.5) is 52.7 Å². The first kappa shape index (κ1) is 45.0. The topological polar surface area (TPSA) is 54.6 Å². The lowest BCUT2D eigenvalue weighted by Gasteiger charge is -2.13. The van der Waals surface area contributed by atoms with Gasteiger partial charge in [0, 0.05) is 16.3 Å². The molecule has 1 amide bonds. The molecule has 0 unspecified atom stereocenters. The van der Waals surface area contributed by atoms with E-state index in [1.54, 1.807) is 0 Å². The van der Waals surface area contributed by atoms with Gasteiger partial charge in [0.25, 0.3) is 5.91 Å². The number of carbonyl (C=O) groups excluding carboxylic acids is 1. The summed E-state index contributed by atoms with van der Waals surface area (Å²) in [6.07, 6.45) is -10.6. The summed E-state index contributed by atoms with van der Waals surface area (Å²) in [5, 5.41) is 11.8. The van der Waals surface area contributed by atoms with E-state index in [0.717, 1.165) is 67.6 Å². The number of aliphatic imine (C=N–C) groups is 1. The fraction of sp³-hybridized carbons (Fsp3) is 0.381. The molecule has 6 rings (SSSR count). The smallest absolute Gasteiger partial charge is 0.416 e. The highest BCUT2D eigenvalue weighted by molar-refractivity contribution is 7.19. The molecule has 0 spiro atoms. The molecule has 0 bridgehead atoms. The van der Waals surface area contributed by atoms with Gasteiger partial charge in [-0.2, -0.15) is 52.7 Å². The standard InChI is InChI=1S/C42H36F12N2O2S2/c1-2-3-4-5-6-7-8-9-10-11-16-56-36(32-15-13-30(60-32)24-19-27(41(49,50)51)22-28(20-24)42(52,53)54)34-33(38(56)58)35(55-37(34)57)31-14-12-29(59-31)23-17-25(39(43,44)45)21-26(18-23)40(46,47)48/h12-15,17-22,58H,2-11,16H2,1H3. The van der Waals surface area contributed by atoms with Crippen molar-refractivity contribution in [3.05, 3.63) is 98.9 Å². The molecule has 1 aliphatic heterocycles. The highest BCUT2D eigenvalue weighted by atomic mass is 32.1. The maximum atomic E-state index is 13.7. The maximum Gasteiger partial charge on any atom is 0.416 e. The fourth-order valence-corrected chi connectivity index (χ4v) is 9.14. The second-order valence-corrected chi connectivity index (χ2v) is 16.6. The second-order valence-electron chi connectivity index (χ2n) is 14.4. The van der Waals surface area contributed by atoms with E-state index in [-0.39, 0.29) is 66.3 Å². The van der Waals surface area contributed by atoms with Gasteiger partial charge in [0.2, 0.25) is 5.88 Å². The third-order valence-corrected chi connectivity index (χ3v) is 12.3. The van der Waals surface area contributed by atoms with Crippen LogP contribution in [-0.2, 0) is 31.2 Å². The summed E-state index contributed by atoms with van der Waals surface area (Å²) in [7, 11) is 0. The van der Waals surface area contributed by atoms with Gasteiger partial charge in [-0.1, -0.05) is 64.7 Å². The number of benzene rings is 2. The van der Waals surface area contributed by atoms with Crippen LogP contribution in [0.1, 0.15) is 114 Å². The lowest BCUT2D eigenvalue weighted by molar-refractivity contribution is -0.144. The number of alkyl halides is 12. The number of hydrogen-bond donors (Lipinski definition) is 1. The Bertz CT molecular complexity index is 2310. The van der Waals surface area contributed by atoms with Gasteiger partial charge < -0.3 is 9.67 Å². The zero-order valence-electron chi connectivity index (χ0n) is 31.7. The number of carbonyl (C=O) groups is 1. The van der Waals surface area contributed by atoms with E-state index < -0.39 is 64.3 Å². The summed E-state index contributed by atoms with van der Waals surface area (Å²) in [5.74, 6) is -1.31. The number of rotatable bonds is 15. The maximum absolute atomic E-state index is 13.7. The molecule has 3 aromatic heterocycles. The molecule has 5 aromatic rings. The Morgan fingerprint density at radius 1 is 0.533 bits per heavy atom. The van der Waals surface area contributed by atoms with E-state index in [0.29, 0.717) is 30.7 Å². The quantitative estimate of drug-likeness (QED) is 0.0841. The van der Waals surface area contributed by atoms with Crippen LogP contribution in [0.25, 0.3) is 31.5 Å². The van der Waals surface area contributed by atoms with Crippen molar-refractivity contribution in [1.82, 2.24) is 4.57 Å². The Morgan fingerprint density at radius 3 is 1.35 bits per heavy atom. The molecule has 0 aliphatic carbocycles. The Morgan fingerprint density at radius 2 is 0.917 bits per heavy atom. The van der Waals surface area contributed by atoms with Crippen LogP contribution in [-0.4, -0.2) is 21.3 Å². The van der Waals surface area contributed by atoms with Gasteiger partial charge in [-0.15, -0.1) is 22.7 Å². The summed E-state index contributed by atoms with van der Waals surface area (Å²) in [6, 6.07) is 7.59. The predicted molar refractivity (Wildman–Crippen MR) is 206 cm³/mol. The first-order valence-electron chi connectivity index (χ1n) is 19.0. The average molecular weight is 893 g/mol. The lowest BCUT2D eigenvalue weighted by Crippen LogP contribution is -2.10. The molecule has 60 heavy (non-hydrogen) atoms. The number of aromatic nitrogens is 1. The number of halogens is 12. The molecule has 0 fully saturated rings. The molecule has 0 saturated heterocycles. The Kier molecular flexibility index (Phi) is 13.1. The van der Waals surface area contributed by atoms with Crippen LogP contribution >= 0.6 is 22.7 Å². The molecular weight excluding hydrogens is 857 g/mol. The Hall–Kier alpha value is -4.58. The van der Waals surface area contributed by atoms with E-state index in [1.807, 2.05) is 0 Å². The number of aromatic hydroxyl groups is 1. The van der Waals surface area contributed by atoms with E-state index >= 15 is 0 Å².